The Kier molecular flexibility index (Phi) is 3.22. The predicted octanol–water partition coefficient (Wildman–Crippen LogP) is 4.79. The number of thiophene rings is 1. The lowest BCUT2D eigenvalue weighted by atomic mass is 9.88. The smallest absolute Gasteiger partial charge is 0.0764 e. The maximum absolute atomic E-state index is 6.20. The molecule has 0 saturated heterocycles. The molecular weight excluding hydrogens is 338 g/mol. The first-order valence-electron chi connectivity index (χ1n) is 9.45. The van der Waals surface area contributed by atoms with Gasteiger partial charge in [-0.3, -0.25) is 0 Å². The van der Waals surface area contributed by atoms with Gasteiger partial charge in [0.2, 0.25) is 0 Å². The van der Waals surface area contributed by atoms with Crippen molar-refractivity contribution < 1.29 is 4.74 Å². The Bertz CT molecular complexity index is 1010. The van der Waals surface area contributed by atoms with E-state index in [0.717, 1.165) is 13.0 Å². The van der Waals surface area contributed by atoms with Gasteiger partial charge >= 0.3 is 0 Å². The number of fused-ring (bicyclic) bond motifs is 4. The van der Waals surface area contributed by atoms with Crippen LogP contribution in [0.3, 0.4) is 0 Å². The van der Waals surface area contributed by atoms with Gasteiger partial charge in [-0.25, -0.2) is 0 Å². The van der Waals surface area contributed by atoms with E-state index >= 15 is 0 Å². The number of rotatable bonds is 3. The van der Waals surface area contributed by atoms with Crippen molar-refractivity contribution in [3.8, 4) is 0 Å². The quantitative estimate of drug-likeness (QED) is 0.679. The normalized spacial score (nSPS) is 31.3. The van der Waals surface area contributed by atoms with Crippen LogP contribution in [0, 0.1) is 5.92 Å². The summed E-state index contributed by atoms with van der Waals surface area (Å²) in [5, 5.41) is 5.26. The van der Waals surface area contributed by atoms with Gasteiger partial charge in [0.15, 0.2) is 0 Å². The fourth-order valence-corrected chi connectivity index (χ4v) is 6.57. The van der Waals surface area contributed by atoms with Crippen LogP contribution in [0.2, 0.25) is 0 Å². The van der Waals surface area contributed by atoms with Gasteiger partial charge in [-0.1, -0.05) is 60.7 Å². The summed E-state index contributed by atoms with van der Waals surface area (Å²) in [6.07, 6.45) is 6.13. The molecule has 3 heteroatoms. The molecule has 0 amide bonds. The number of ether oxygens (including phenoxy) is 1. The van der Waals surface area contributed by atoms with Crippen molar-refractivity contribution in [2.75, 3.05) is 0 Å². The van der Waals surface area contributed by atoms with Gasteiger partial charge in [-0.05, 0) is 34.9 Å². The summed E-state index contributed by atoms with van der Waals surface area (Å²) in [5.41, 5.74) is 3.00. The molecule has 0 bridgehead atoms. The third kappa shape index (κ3) is 2.05. The molecule has 2 aromatic carbocycles. The van der Waals surface area contributed by atoms with Crippen LogP contribution in [-0.2, 0) is 23.3 Å². The Morgan fingerprint density at radius 1 is 1.08 bits per heavy atom. The van der Waals surface area contributed by atoms with E-state index in [4.69, 9.17) is 4.74 Å². The number of hydrogen-bond donors (Lipinski definition) is 1. The minimum Gasteiger partial charge on any atom is -0.369 e. The largest absolute Gasteiger partial charge is 0.369 e. The van der Waals surface area contributed by atoms with Gasteiger partial charge in [-0.15, -0.1) is 11.3 Å². The van der Waals surface area contributed by atoms with Crippen molar-refractivity contribution in [2.24, 2.45) is 5.92 Å². The molecule has 130 valence electrons. The van der Waals surface area contributed by atoms with E-state index < -0.39 is 0 Å². The first kappa shape index (κ1) is 15.2. The van der Waals surface area contributed by atoms with Gasteiger partial charge in [0.1, 0.15) is 0 Å². The molecule has 0 radical (unpaired) electrons. The molecule has 2 aliphatic carbocycles. The number of nitrogens with one attached hydrogen (secondary N) is 1. The van der Waals surface area contributed by atoms with Crippen LogP contribution in [-0.4, -0.2) is 12.1 Å². The summed E-state index contributed by atoms with van der Waals surface area (Å²) in [5.74, 6) is 0.669. The Morgan fingerprint density at radius 2 is 1.92 bits per heavy atom. The molecular formula is C23H21NOS. The molecule has 3 aliphatic rings. The fourth-order valence-electron chi connectivity index (χ4n) is 5.07. The summed E-state index contributed by atoms with van der Waals surface area (Å²) in [6.45, 7) is 1.70. The zero-order chi connectivity index (χ0) is 17.1. The third-order valence-corrected chi connectivity index (χ3v) is 7.77. The van der Waals surface area contributed by atoms with Crippen molar-refractivity contribution in [1.29, 1.82) is 0 Å². The van der Waals surface area contributed by atoms with Crippen LogP contribution in [0.25, 0.3) is 10.1 Å². The van der Waals surface area contributed by atoms with E-state index in [1.807, 2.05) is 11.3 Å². The van der Waals surface area contributed by atoms with E-state index in [1.54, 1.807) is 4.88 Å². The maximum atomic E-state index is 6.20. The topological polar surface area (TPSA) is 21.3 Å². The van der Waals surface area contributed by atoms with Gasteiger partial charge < -0.3 is 10.1 Å². The standard InChI is InChI=1S/C23H21NOS/c1-2-6-15(7-3-1)14-25-16-10-11-23-19(12-16)21(23)24-13-18-17-8-4-5-9-20(17)26-22(18)23/h1-11,16,19,21,24H,12-14H2/t16-,19+,21?,23-/m0/s1. The second-order valence-corrected chi connectivity index (χ2v) is 8.79. The van der Waals surface area contributed by atoms with Crippen LogP contribution in [0.4, 0.5) is 0 Å². The van der Waals surface area contributed by atoms with E-state index in [-0.39, 0.29) is 11.5 Å². The van der Waals surface area contributed by atoms with Crippen LogP contribution < -0.4 is 5.32 Å². The minimum absolute atomic E-state index is 0.226. The first-order chi connectivity index (χ1) is 12.9. The van der Waals surface area contributed by atoms with E-state index in [2.05, 4.69) is 72.1 Å². The summed E-state index contributed by atoms with van der Waals surface area (Å²) in [6, 6.07) is 19.9. The van der Waals surface area contributed by atoms with E-state index in [1.165, 1.54) is 21.2 Å². The average molecular weight is 359 g/mol. The highest BCUT2D eigenvalue weighted by atomic mass is 32.1. The van der Waals surface area contributed by atoms with Crippen LogP contribution in [0.1, 0.15) is 22.4 Å². The Balaban J connectivity index is 1.29. The van der Waals surface area contributed by atoms with Crippen LogP contribution in [0.5, 0.6) is 0 Å². The monoisotopic (exact) mass is 359 g/mol. The molecule has 4 atom stereocenters. The average Bonchev–Trinajstić information content (AvgIpc) is 3.21. The SMILES string of the molecule is C1=C[C@@]23c4sc5ccccc5c4CNC2[C@H]3C[C@H]1OCc1ccccc1. The second-order valence-electron chi connectivity index (χ2n) is 7.73. The molecule has 6 rings (SSSR count). The minimum atomic E-state index is 0.226. The lowest BCUT2D eigenvalue weighted by Crippen LogP contribution is -2.29. The molecule has 1 aromatic heterocycles. The zero-order valence-corrected chi connectivity index (χ0v) is 15.3. The molecule has 3 aromatic rings. The highest BCUT2D eigenvalue weighted by Gasteiger charge is 2.68. The Labute approximate surface area is 157 Å². The van der Waals surface area contributed by atoms with Crippen molar-refractivity contribution in [2.45, 2.75) is 37.1 Å². The highest BCUT2D eigenvalue weighted by molar-refractivity contribution is 7.19. The predicted molar refractivity (Wildman–Crippen MR) is 106 cm³/mol. The zero-order valence-electron chi connectivity index (χ0n) is 14.5. The molecule has 1 unspecified atom stereocenters. The molecule has 1 spiro atoms. The Hall–Kier alpha value is -1.94. The summed E-state index contributed by atoms with van der Waals surface area (Å²) in [7, 11) is 0. The van der Waals surface area contributed by atoms with Gasteiger partial charge in [0.05, 0.1) is 12.7 Å². The lowest BCUT2D eigenvalue weighted by molar-refractivity contribution is 0.0586. The van der Waals surface area contributed by atoms with Crippen LogP contribution >= 0.6 is 11.3 Å². The third-order valence-electron chi connectivity index (χ3n) is 6.39. The Morgan fingerprint density at radius 3 is 2.85 bits per heavy atom. The molecule has 26 heavy (non-hydrogen) atoms. The second kappa shape index (κ2) is 5.53. The van der Waals surface area contributed by atoms with Gasteiger partial charge in [0, 0.05) is 27.6 Å². The summed E-state index contributed by atoms with van der Waals surface area (Å²) >= 11 is 2.01. The van der Waals surface area contributed by atoms with Crippen molar-refractivity contribution in [3.05, 3.63) is 82.8 Å². The molecule has 1 N–H and O–H groups in total. The maximum Gasteiger partial charge on any atom is 0.0764 e. The van der Waals surface area contributed by atoms with Crippen LogP contribution in [0.15, 0.2) is 66.7 Å². The van der Waals surface area contributed by atoms with E-state index in [9.17, 15) is 0 Å². The number of hydrogen-bond acceptors (Lipinski definition) is 3. The fraction of sp³-hybridized carbons (Fsp3) is 0.304. The molecule has 1 fully saturated rings. The first-order valence-corrected chi connectivity index (χ1v) is 10.3. The summed E-state index contributed by atoms with van der Waals surface area (Å²) < 4.78 is 7.63. The van der Waals surface area contributed by atoms with Gasteiger partial charge in [0.25, 0.3) is 0 Å². The summed E-state index contributed by atoms with van der Waals surface area (Å²) in [4.78, 5) is 1.60. The molecule has 1 saturated carbocycles. The highest BCUT2D eigenvalue weighted by Crippen LogP contribution is 2.64. The van der Waals surface area contributed by atoms with Crippen molar-refractivity contribution >= 4 is 21.4 Å². The molecule has 1 aliphatic heterocycles. The van der Waals surface area contributed by atoms with Crippen molar-refractivity contribution in [3.63, 3.8) is 0 Å². The van der Waals surface area contributed by atoms with Crippen molar-refractivity contribution in [1.82, 2.24) is 5.32 Å². The number of benzene rings is 2. The lowest BCUT2D eigenvalue weighted by Gasteiger charge is -2.24. The molecule has 2 nitrogen and oxygen atoms in total. The van der Waals surface area contributed by atoms with E-state index in [0.29, 0.717) is 18.6 Å². The molecule has 2 heterocycles. The van der Waals surface area contributed by atoms with Gasteiger partial charge in [-0.2, -0.15) is 0 Å².